The van der Waals surface area contributed by atoms with Crippen LogP contribution in [0, 0.1) is 29.1 Å². The number of likely N-dealkylation sites (tertiary alicyclic amines) is 1. The summed E-state index contributed by atoms with van der Waals surface area (Å²) in [5.74, 6) is -1.37. The van der Waals surface area contributed by atoms with E-state index in [1.807, 2.05) is 27.7 Å². The minimum absolute atomic E-state index is 0.0204. The number of hydrogen-bond donors (Lipinski definition) is 3. The second kappa shape index (κ2) is 8.74. The topological polar surface area (TPSA) is 98.7 Å². The zero-order valence-electron chi connectivity index (χ0n) is 21.7. The molecule has 3 unspecified atom stereocenters. The Labute approximate surface area is 203 Å². The number of aliphatic hydroxyl groups is 1. The molecule has 3 N–H and O–H groups in total. The maximum Gasteiger partial charge on any atom is 0.244 e. The fourth-order valence-corrected chi connectivity index (χ4v) is 9.38. The van der Waals surface area contributed by atoms with Gasteiger partial charge in [-0.1, -0.05) is 41.5 Å². The normalized spacial score (nSPS) is 34.6. The number of carbonyl (C=O) groups excluding carboxylic acids is 3. The molecule has 0 aliphatic carbocycles. The first-order valence-electron chi connectivity index (χ1n) is 12.3. The lowest BCUT2D eigenvalue weighted by molar-refractivity contribution is -0.144. The molecule has 7 nitrogen and oxygen atoms in total. The predicted octanol–water partition coefficient (Wildman–Crippen LogP) is 2.42. The van der Waals surface area contributed by atoms with Gasteiger partial charge in [0, 0.05) is 17.8 Å². The fraction of sp³-hybridized carbons (Fsp3) is 0.880. The maximum absolute atomic E-state index is 14.1. The van der Waals surface area contributed by atoms with Crippen LogP contribution in [-0.2, 0) is 14.4 Å². The highest BCUT2D eigenvalue weighted by molar-refractivity contribution is 8.02. The molecule has 8 heteroatoms. The molecule has 0 saturated carbocycles. The molecule has 0 aromatic rings. The summed E-state index contributed by atoms with van der Waals surface area (Å²) in [6.45, 7) is 16.3. The minimum Gasteiger partial charge on any atom is -0.394 e. The number of thioether (sulfide) groups is 1. The van der Waals surface area contributed by atoms with Crippen LogP contribution >= 0.6 is 11.8 Å². The zero-order valence-corrected chi connectivity index (χ0v) is 22.5. The van der Waals surface area contributed by atoms with Crippen molar-refractivity contribution in [3.8, 4) is 0 Å². The summed E-state index contributed by atoms with van der Waals surface area (Å²) < 4.78 is -0.664. The van der Waals surface area contributed by atoms with Crippen LogP contribution in [0.15, 0.2) is 0 Å². The van der Waals surface area contributed by atoms with Crippen molar-refractivity contribution >= 4 is 29.5 Å². The summed E-state index contributed by atoms with van der Waals surface area (Å²) in [5.41, 5.74) is -0.442. The molecule has 3 rings (SSSR count). The first-order chi connectivity index (χ1) is 15.1. The summed E-state index contributed by atoms with van der Waals surface area (Å²) in [4.78, 5) is 42.6. The smallest absolute Gasteiger partial charge is 0.244 e. The van der Waals surface area contributed by atoms with E-state index in [4.69, 9.17) is 0 Å². The SMILES string of the molecule is CNC(=O)[C@@H]1[C@@H]2CC(C)C3(S2)C(C(=O)NC(C)(C)CC(C)(C)C)N([C@@H](CO)C(C)C)C(=O)[C@H]13. The Morgan fingerprint density at radius 1 is 1.21 bits per heavy atom. The largest absolute Gasteiger partial charge is 0.394 e. The number of rotatable bonds is 7. The quantitative estimate of drug-likeness (QED) is 0.519. The predicted molar refractivity (Wildman–Crippen MR) is 132 cm³/mol. The Hall–Kier alpha value is -1.28. The summed E-state index contributed by atoms with van der Waals surface area (Å²) >= 11 is 1.67. The lowest BCUT2D eigenvalue weighted by Gasteiger charge is -2.43. The first-order valence-corrected chi connectivity index (χ1v) is 13.1. The van der Waals surface area contributed by atoms with Gasteiger partial charge in [-0.15, -0.1) is 11.8 Å². The average Bonchev–Trinajstić information content (AvgIpc) is 3.23. The lowest BCUT2D eigenvalue weighted by atomic mass is 9.65. The van der Waals surface area contributed by atoms with Gasteiger partial charge in [0.05, 0.1) is 29.2 Å². The van der Waals surface area contributed by atoms with Gasteiger partial charge in [-0.2, -0.15) is 0 Å². The van der Waals surface area contributed by atoms with Gasteiger partial charge >= 0.3 is 0 Å². The summed E-state index contributed by atoms with van der Waals surface area (Å²) in [5, 5.41) is 16.3. The molecule has 33 heavy (non-hydrogen) atoms. The van der Waals surface area contributed by atoms with Crippen molar-refractivity contribution in [3.05, 3.63) is 0 Å². The molecular formula is C25H43N3O4S. The first kappa shape index (κ1) is 26.3. The van der Waals surface area contributed by atoms with Gasteiger partial charge in [-0.3, -0.25) is 14.4 Å². The van der Waals surface area contributed by atoms with E-state index in [2.05, 4.69) is 38.3 Å². The molecule has 0 aromatic carbocycles. The van der Waals surface area contributed by atoms with Crippen molar-refractivity contribution < 1.29 is 19.5 Å². The Balaban J connectivity index is 2.09. The number of aliphatic hydroxyl groups excluding tert-OH is 1. The third kappa shape index (κ3) is 4.30. The van der Waals surface area contributed by atoms with Gasteiger partial charge < -0.3 is 20.6 Å². The molecular weight excluding hydrogens is 438 g/mol. The molecule has 188 valence electrons. The molecule has 7 atom stereocenters. The van der Waals surface area contributed by atoms with Gasteiger partial charge in [0.25, 0.3) is 0 Å². The van der Waals surface area contributed by atoms with E-state index in [0.717, 1.165) is 12.8 Å². The van der Waals surface area contributed by atoms with Crippen LogP contribution in [0.1, 0.15) is 68.2 Å². The van der Waals surface area contributed by atoms with Crippen LogP contribution in [0.5, 0.6) is 0 Å². The van der Waals surface area contributed by atoms with Crippen molar-refractivity contribution in [2.45, 2.75) is 95.9 Å². The van der Waals surface area contributed by atoms with E-state index >= 15 is 0 Å². The molecule has 0 aromatic heterocycles. The third-order valence-corrected chi connectivity index (χ3v) is 9.80. The van der Waals surface area contributed by atoms with Gasteiger partial charge in [-0.05, 0) is 43.9 Å². The van der Waals surface area contributed by atoms with E-state index in [9.17, 15) is 19.5 Å². The Morgan fingerprint density at radius 2 is 1.82 bits per heavy atom. The average molecular weight is 482 g/mol. The highest BCUT2D eigenvalue weighted by Gasteiger charge is 2.76. The summed E-state index contributed by atoms with van der Waals surface area (Å²) in [7, 11) is 1.61. The van der Waals surface area contributed by atoms with Crippen LogP contribution in [0.3, 0.4) is 0 Å². The van der Waals surface area contributed by atoms with Crippen molar-refractivity contribution in [1.82, 2.24) is 15.5 Å². The number of amides is 3. The van der Waals surface area contributed by atoms with Gasteiger partial charge in [0.1, 0.15) is 6.04 Å². The molecule has 3 fully saturated rings. The van der Waals surface area contributed by atoms with E-state index in [1.54, 1.807) is 23.7 Å². The molecule has 3 aliphatic heterocycles. The monoisotopic (exact) mass is 481 g/mol. The fourth-order valence-electron chi connectivity index (χ4n) is 6.97. The van der Waals surface area contributed by atoms with Crippen molar-refractivity contribution in [2.24, 2.45) is 29.1 Å². The molecule has 3 saturated heterocycles. The van der Waals surface area contributed by atoms with Gasteiger partial charge in [0.2, 0.25) is 17.7 Å². The molecule has 1 spiro atoms. The molecule has 3 amide bonds. The number of fused-ring (bicyclic) bond motifs is 1. The lowest BCUT2D eigenvalue weighted by Crippen LogP contribution is -2.62. The Bertz CT molecular complexity index is 808. The van der Waals surface area contributed by atoms with Crippen molar-refractivity contribution in [3.63, 3.8) is 0 Å². The van der Waals surface area contributed by atoms with Gasteiger partial charge in [-0.25, -0.2) is 0 Å². The standard InChI is InChI=1S/C25H43N3O4S/c1-13(2)15(11-29)28-19(21(31)27-24(7,8)12-23(4,5)6)25-14(3)10-16(33-25)17(20(30)26-9)18(25)22(28)32/h13-19,29H,10-12H2,1-9H3,(H,26,30)(H,27,31)/t14?,15-,16-,17+,18-,19?,25?/m0/s1. The van der Waals surface area contributed by atoms with E-state index in [0.29, 0.717) is 0 Å². The van der Waals surface area contributed by atoms with Crippen LogP contribution < -0.4 is 10.6 Å². The van der Waals surface area contributed by atoms with Crippen LogP contribution in [-0.4, -0.2) is 69.0 Å². The summed E-state index contributed by atoms with van der Waals surface area (Å²) in [6.07, 6.45) is 1.59. The van der Waals surface area contributed by atoms with Crippen LogP contribution in [0.25, 0.3) is 0 Å². The second-order valence-electron chi connectivity index (χ2n) is 12.5. The van der Waals surface area contributed by atoms with Crippen LogP contribution in [0.2, 0.25) is 0 Å². The summed E-state index contributed by atoms with van der Waals surface area (Å²) in [6, 6.07) is -1.19. The molecule has 2 bridgehead atoms. The number of hydrogen-bond acceptors (Lipinski definition) is 5. The minimum atomic E-state index is -0.714. The van der Waals surface area contributed by atoms with Crippen molar-refractivity contribution in [1.29, 1.82) is 0 Å². The maximum atomic E-state index is 14.1. The number of carbonyl (C=O) groups is 3. The zero-order chi connectivity index (χ0) is 25.1. The molecule has 3 heterocycles. The highest BCUT2D eigenvalue weighted by Crippen LogP contribution is 2.68. The Morgan fingerprint density at radius 3 is 2.30 bits per heavy atom. The molecule has 0 radical (unpaired) electrons. The van der Waals surface area contributed by atoms with E-state index in [-0.39, 0.29) is 46.8 Å². The van der Waals surface area contributed by atoms with E-state index in [1.165, 1.54) is 0 Å². The number of nitrogens with zero attached hydrogens (tertiary/aromatic N) is 1. The van der Waals surface area contributed by atoms with Crippen molar-refractivity contribution in [2.75, 3.05) is 13.7 Å². The second-order valence-corrected chi connectivity index (χ2v) is 14.1. The number of nitrogens with one attached hydrogen (secondary N) is 2. The highest BCUT2D eigenvalue weighted by atomic mass is 32.2. The van der Waals surface area contributed by atoms with Crippen LogP contribution in [0.4, 0.5) is 0 Å². The molecule has 3 aliphatic rings. The third-order valence-electron chi connectivity index (χ3n) is 7.73. The van der Waals surface area contributed by atoms with E-state index < -0.39 is 34.2 Å². The van der Waals surface area contributed by atoms with Gasteiger partial charge in [0.15, 0.2) is 0 Å². The Kier molecular flexibility index (Phi) is 6.97.